The van der Waals surface area contributed by atoms with Crippen molar-refractivity contribution in [3.05, 3.63) is 126 Å². The highest BCUT2D eigenvalue weighted by Gasteiger charge is 2.35. The first-order valence-corrected chi connectivity index (χ1v) is 15.9. The van der Waals surface area contributed by atoms with E-state index in [0.29, 0.717) is 11.3 Å². The van der Waals surface area contributed by atoms with Crippen molar-refractivity contribution in [2.24, 2.45) is 0 Å². The van der Waals surface area contributed by atoms with Crippen LogP contribution in [0, 0.1) is 5.82 Å². The smallest absolute Gasteiger partial charge is 0.264 e. The van der Waals surface area contributed by atoms with E-state index < -0.39 is 39.9 Å². The fourth-order valence-corrected chi connectivity index (χ4v) is 6.27. The van der Waals surface area contributed by atoms with E-state index in [2.05, 4.69) is 5.32 Å². The van der Waals surface area contributed by atoms with Crippen molar-refractivity contribution in [2.45, 2.75) is 50.2 Å². The van der Waals surface area contributed by atoms with Crippen LogP contribution in [0.2, 0.25) is 0 Å². The molecular weight excluding hydrogens is 593 g/mol. The van der Waals surface area contributed by atoms with Crippen LogP contribution in [0.4, 0.5) is 10.1 Å². The molecule has 0 aliphatic heterocycles. The third kappa shape index (κ3) is 8.92. The van der Waals surface area contributed by atoms with E-state index in [1.165, 1.54) is 36.3 Å². The maximum absolute atomic E-state index is 14.5. The van der Waals surface area contributed by atoms with Crippen LogP contribution in [0.5, 0.6) is 5.75 Å². The topological polar surface area (TPSA) is 96.0 Å². The third-order valence-corrected chi connectivity index (χ3v) is 8.77. The average molecular weight is 632 g/mol. The molecule has 0 bridgehead atoms. The van der Waals surface area contributed by atoms with Crippen LogP contribution < -0.4 is 14.4 Å². The molecule has 0 radical (unpaired) electrons. The average Bonchev–Trinajstić information content (AvgIpc) is 3.02. The molecule has 2 amide bonds. The molecule has 8 nitrogen and oxygen atoms in total. The van der Waals surface area contributed by atoms with Gasteiger partial charge in [0, 0.05) is 18.5 Å². The second-order valence-electron chi connectivity index (χ2n) is 11.6. The van der Waals surface area contributed by atoms with Gasteiger partial charge in [-0.25, -0.2) is 12.8 Å². The minimum atomic E-state index is -4.27. The van der Waals surface area contributed by atoms with Gasteiger partial charge in [0.2, 0.25) is 11.8 Å². The molecule has 0 heterocycles. The predicted octanol–water partition coefficient (Wildman–Crippen LogP) is 5.58. The zero-order chi connectivity index (χ0) is 32.6. The number of rotatable bonds is 12. The number of amides is 2. The van der Waals surface area contributed by atoms with E-state index in [1.54, 1.807) is 36.4 Å². The number of nitrogens with one attached hydrogen (secondary N) is 1. The van der Waals surface area contributed by atoms with E-state index in [1.807, 2.05) is 57.2 Å². The summed E-state index contributed by atoms with van der Waals surface area (Å²) in [6.45, 7) is 4.90. The molecule has 0 aromatic heterocycles. The molecule has 1 N–H and O–H groups in total. The molecule has 236 valence electrons. The first kappa shape index (κ1) is 33.2. The Balaban J connectivity index is 1.82. The third-order valence-electron chi connectivity index (χ3n) is 6.98. The number of hydrogen-bond acceptors (Lipinski definition) is 5. The number of ether oxygens (including phenoxy) is 1. The zero-order valence-electron chi connectivity index (χ0n) is 25.8. The number of halogens is 1. The summed E-state index contributed by atoms with van der Waals surface area (Å²) in [5.74, 6) is -0.990. The summed E-state index contributed by atoms with van der Waals surface area (Å²) in [6.07, 6.45) is 0.181. The number of carbonyl (C=O) groups is 2. The molecule has 45 heavy (non-hydrogen) atoms. The molecule has 4 aromatic rings. The summed E-state index contributed by atoms with van der Waals surface area (Å²) in [4.78, 5) is 29.8. The standard InChI is InChI=1S/C35H38FN3O5S/c1-35(2,3)37-34(41)32(23-26-12-7-5-8-13-26)38(24-27-14-11-15-30(22-27)44-4)33(40)25-39(29-20-18-28(36)19-21-29)45(42,43)31-16-9-6-10-17-31/h5-22,32H,23-25H2,1-4H3,(H,37,41)/t32-/m1/s1. The maximum Gasteiger partial charge on any atom is 0.264 e. The van der Waals surface area contributed by atoms with E-state index in [9.17, 15) is 22.4 Å². The van der Waals surface area contributed by atoms with Gasteiger partial charge in [0.1, 0.15) is 24.2 Å². The first-order valence-electron chi connectivity index (χ1n) is 14.5. The molecule has 0 aliphatic rings. The van der Waals surface area contributed by atoms with Gasteiger partial charge in [-0.05, 0) is 80.4 Å². The van der Waals surface area contributed by atoms with Crippen LogP contribution >= 0.6 is 0 Å². The SMILES string of the molecule is COc1cccc(CN(C(=O)CN(c2ccc(F)cc2)S(=O)(=O)c2ccccc2)[C@H](Cc2ccccc2)C(=O)NC(C)(C)C)c1. The van der Waals surface area contributed by atoms with Gasteiger partial charge in [-0.1, -0.05) is 60.7 Å². The van der Waals surface area contributed by atoms with Crippen LogP contribution in [0.25, 0.3) is 0 Å². The molecule has 0 saturated heterocycles. The molecule has 10 heteroatoms. The molecular formula is C35H38FN3O5S. The van der Waals surface area contributed by atoms with Gasteiger partial charge in [-0.15, -0.1) is 0 Å². The molecule has 4 aromatic carbocycles. The van der Waals surface area contributed by atoms with Crippen molar-refractivity contribution in [1.29, 1.82) is 0 Å². The Morgan fingerprint density at radius 2 is 1.44 bits per heavy atom. The minimum absolute atomic E-state index is 0.00621. The number of anilines is 1. The number of carbonyl (C=O) groups excluding carboxylic acids is 2. The number of methoxy groups -OCH3 is 1. The van der Waals surface area contributed by atoms with Crippen LogP contribution in [-0.2, 0) is 32.6 Å². The molecule has 1 atom stereocenters. The Bertz CT molecular complexity index is 1690. The molecule has 0 saturated carbocycles. The fourth-order valence-electron chi connectivity index (χ4n) is 4.83. The molecule has 0 aliphatic carbocycles. The van der Waals surface area contributed by atoms with Gasteiger partial charge in [0.05, 0.1) is 17.7 Å². The van der Waals surface area contributed by atoms with Gasteiger partial charge >= 0.3 is 0 Å². The second-order valence-corrected chi connectivity index (χ2v) is 13.5. The van der Waals surface area contributed by atoms with Crippen LogP contribution in [0.15, 0.2) is 114 Å². The summed E-state index contributed by atoms with van der Waals surface area (Å²) in [5.41, 5.74) is 1.01. The number of sulfonamides is 1. The largest absolute Gasteiger partial charge is 0.497 e. The van der Waals surface area contributed by atoms with Gasteiger partial charge < -0.3 is 15.0 Å². The second kappa shape index (κ2) is 14.4. The molecule has 0 unspecified atom stereocenters. The number of nitrogens with zero attached hydrogens (tertiary/aromatic N) is 2. The van der Waals surface area contributed by atoms with Gasteiger partial charge in [-0.2, -0.15) is 0 Å². The van der Waals surface area contributed by atoms with Crippen molar-refractivity contribution in [1.82, 2.24) is 10.2 Å². The Labute approximate surface area is 264 Å². The lowest BCUT2D eigenvalue weighted by molar-refractivity contribution is -0.140. The van der Waals surface area contributed by atoms with E-state index in [4.69, 9.17) is 4.74 Å². The highest BCUT2D eigenvalue weighted by atomic mass is 32.2. The minimum Gasteiger partial charge on any atom is -0.497 e. The van der Waals surface area contributed by atoms with Crippen molar-refractivity contribution in [3.63, 3.8) is 0 Å². The lowest BCUT2D eigenvalue weighted by atomic mass is 10.0. The highest BCUT2D eigenvalue weighted by Crippen LogP contribution is 2.26. The highest BCUT2D eigenvalue weighted by molar-refractivity contribution is 7.92. The summed E-state index contributed by atoms with van der Waals surface area (Å²) in [6, 6.07) is 28.0. The van der Waals surface area contributed by atoms with Crippen LogP contribution in [0.3, 0.4) is 0 Å². The van der Waals surface area contributed by atoms with Crippen molar-refractivity contribution in [3.8, 4) is 5.75 Å². The monoisotopic (exact) mass is 631 g/mol. The zero-order valence-corrected chi connectivity index (χ0v) is 26.6. The van der Waals surface area contributed by atoms with Crippen molar-refractivity contribution in [2.75, 3.05) is 18.0 Å². The van der Waals surface area contributed by atoms with Gasteiger partial charge in [0.15, 0.2) is 0 Å². The summed E-state index contributed by atoms with van der Waals surface area (Å²) < 4.78 is 48.2. The normalized spacial score (nSPS) is 12.2. The van der Waals surface area contributed by atoms with Crippen molar-refractivity contribution < 1.29 is 27.1 Å². The van der Waals surface area contributed by atoms with Gasteiger partial charge in [0.25, 0.3) is 10.0 Å². The summed E-state index contributed by atoms with van der Waals surface area (Å²) in [5, 5.41) is 3.00. The molecule has 0 spiro atoms. The molecule has 4 rings (SSSR count). The molecule has 0 fully saturated rings. The number of hydrogen-bond donors (Lipinski definition) is 1. The van der Waals surface area contributed by atoms with E-state index >= 15 is 0 Å². The Morgan fingerprint density at radius 1 is 0.844 bits per heavy atom. The lowest BCUT2D eigenvalue weighted by Crippen LogP contribution is -2.56. The Hall–Kier alpha value is -4.70. The van der Waals surface area contributed by atoms with Gasteiger partial charge in [-0.3, -0.25) is 13.9 Å². The Morgan fingerprint density at radius 3 is 2.04 bits per heavy atom. The van der Waals surface area contributed by atoms with Crippen LogP contribution in [0.1, 0.15) is 31.9 Å². The summed E-state index contributed by atoms with van der Waals surface area (Å²) in [7, 11) is -2.74. The summed E-state index contributed by atoms with van der Waals surface area (Å²) >= 11 is 0. The maximum atomic E-state index is 14.5. The van der Waals surface area contributed by atoms with E-state index in [0.717, 1.165) is 22.0 Å². The Kier molecular flexibility index (Phi) is 10.6. The number of benzene rings is 4. The first-order chi connectivity index (χ1) is 21.4. The quantitative estimate of drug-likeness (QED) is 0.220. The van der Waals surface area contributed by atoms with Crippen molar-refractivity contribution >= 4 is 27.5 Å². The van der Waals surface area contributed by atoms with Crippen LogP contribution in [-0.4, -0.2) is 50.4 Å². The van der Waals surface area contributed by atoms with E-state index in [-0.39, 0.29) is 29.5 Å². The lowest BCUT2D eigenvalue weighted by Gasteiger charge is -2.35. The predicted molar refractivity (Wildman–Crippen MR) is 173 cm³/mol. The fraction of sp³-hybridized carbons (Fsp3) is 0.257.